The molecule has 0 fully saturated rings. The van der Waals surface area contributed by atoms with E-state index in [-0.39, 0.29) is 0 Å². The molecule has 0 saturated heterocycles. The molecule has 100 valence electrons. The lowest BCUT2D eigenvalue weighted by Crippen LogP contribution is -2.20. The summed E-state index contributed by atoms with van der Waals surface area (Å²) in [5.74, 6) is 0.794. The monoisotopic (exact) mass is 256 g/mol. The Balaban J connectivity index is 1.82. The van der Waals surface area contributed by atoms with E-state index in [1.165, 1.54) is 5.56 Å². The summed E-state index contributed by atoms with van der Waals surface area (Å²) >= 11 is 0. The van der Waals surface area contributed by atoms with Crippen molar-refractivity contribution in [2.24, 2.45) is 0 Å². The molecule has 0 bridgehead atoms. The molecule has 1 atom stereocenters. The smallest absolute Gasteiger partial charge is 0.119 e. The van der Waals surface area contributed by atoms with Gasteiger partial charge in [0.2, 0.25) is 0 Å². The third-order valence-electron chi connectivity index (χ3n) is 3.09. The maximum atomic E-state index is 9.97. The zero-order valence-corrected chi connectivity index (χ0v) is 11.3. The molecule has 1 N–H and O–H groups in total. The molecule has 0 amide bonds. The maximum Gasteiger partial charge on any atom is 0.119 e. The number of hydrogen-bond donors (Lipinski definition) is 1. The summed E-state index contributed by atoms with van der Waals surface area (Å²) in [5, 5.41) is 9.97. The fourth-order valence-corrected chi connectivity index (χ4v) is 1.95. The Morgan fingerprint density at radius 2 is 1.58 bits per heavy atom. The number of aliphatic hydroxyl groups excluding tert-OH is 1. The summed E-state index contributed by atoms with van der Waals surface area (Å²) in [6.45, 7) is 2.46. The van der Waals surface area contributed by atoms with E-state index in [9.17, 15) is 5.11 Å². The third kappa shape index (κ3) is 4.42. The van der Waals surface area contributed by atoms with Crippen molar-refractivity contribution in [1.82, 2.24) is 0 Å². The van der Waals surface area contributed by atoms with Gasteiger partial charge in [0.1, 0.15) is 12.4 Å². The number of aliphatic hydroxyl groups is 1. The number of rotatable bonds is 6. The van der Waals surface area contributed by atoms with Gasteiger partial charge in [-0.1, -0.05) is 49.4 Å². The van der Waals surface area contributed by atoms with Crippen LogP contribution in [0.1, 0.15) is 18.1 Å². The molecule has 0 spiro atoms. The molecule has 0 aromatic heterocycles. The van der Waals surface area contributed by atoms with E-state index in [0.717, 1.165) is 17.7 Å². The van der Waals surface area contributed by atoms with Crippen LogP contribution in [0.5, 0.6) is 5.75 Å². The summed E-state index contributed by atoms with van der Waals surface area (Å²) in [6.07, 6.45) is 1.18. The second-order valence-corrected chi connectivity index (χ2v) is 4.65. The molecule has 0 radical (unpaired) electrons. The molecule has 0 saturated carbocycles. The highest BCUT2D eigenvalue weighted by Gasteiger charge is 2.06. The maximum absolute atomic E-state index is 9.97. The quantitative estimate of drug-likeness (QED) is 0.859. The fourth-order valence-electron chi connectivity index (χ4n) is 1.95. The van der Waals surface area contributed by atoms with Crippen molar-refractivity contribution >= 4 is 0 Å². The minimum absolute atomic E-state index is 0.319. The van der Waals surface area contributed by atoms with Crippen LogP contribution in [0.15, 0.2) is 54.6 Å². The van der Waals surface area contributed by atoms with E-state index in [1.54, 1.807) is 0 Å². The molecule has 0 heterocycles. The lowest BCUT2D eigenvalue weighted by Gasteiger charge is -2.12. The molecule has 2 aromatic carbocycles. The number of ether oxygens (including phenoxy) is 1. The Labute approximate surface area is 114 Å². The van der Waals surface area contributed by atoms with Crippen LogP contribution >= 0.6 is 0 Å². The first-order valence-corrected chi connectivity index (χ1v) is 6.71. The Kier molecular flexibility index (Phi) is 4.99. The SMILES string of the molecule is CCc1ccc(CC(O)COc2ccccc2)cc1. The number of para-hydroxylation sites is 1. The highest BCUT2D eigenvalue weighted by atomic mass is 16.5. The van der Waals surface area contributed by atoms with Crippen molar-refractivity contribution in [3.63, 3.8) is 0 Å². The van der Waals surface area contributed by atoms with Gasteiger partial charge in [-0.3, -0.25) is 0 Å². The van der Waals surface area contributed by atoms with Gasteiger partial charge < -0.3 is 9.84 Å². The van der Waals surface area contributed by atoms with E-state index in [2.05, 4.69) is 31.2 Å². The van der Waals surface area contributed by atoms with Gasteiger partial charge in [0.05, 0.1) is 6.10 Å². The Morgan fingerprint density at radius 1 is 0.947 bits per heavy atom. The lowest BCUT2D eigenvalue weighted by atomic mass is 10.1. The van der Waals surface area contributed by atoms with Crippen LogP contribution in [-0.4, -0.2) is 17.8 Å². The van der Waals surface area contributed by atoms with E-state index < -0.39 is 6.10 Å². The molecule has 2 aromatic rings. The van der Waals surface area contributed by atoms with E-state index in [4.69, 9.17) is 4.74 Å². The molecule has 2 rings (SSSR count). The normalized spacial score (nSPS) is 12.1. The molecule has 1 unspecified atom stereocenters. The molecular formula is C17H20O2. The van der Waals surface area contributed by atoms with Crippen LogP contribution < -0.4 is 4.74 Å². The molecule has 0 aliphatic rings. The zero-order valence-electron chi connectivity index (χ0n) is 11.3. The average molecular weight is 256 g/mol. The first kappa shape index (κ1) is 13.6. The summed E-state index contributed by atoms with van der Waals surface area (Å²) in [6, 6.07) is 17.9. The Bertz CT molecular complexity index is 476. The lowest BCUT2D eigenvalue weighted by molar-refractivity contribution is 0.108. The molecule has 2 nitrogen and oxygen atoms in total. The molecule has 2 heteroatoms. The standard InChI is InChI=1S/C17H20O2/c1-2-14-8-10-15(11-9-14)12-16(18)13-19-17-6-4-3-5-7-17/h3-11,16,18H,2,12-13H2,1H3. The Hall–Kier alpha value is -1.80. The average Bonchev–Trinajstić information content (AvgIpc) is 2.47. The number of hydrogen-bond acceptors (Lipinski definition) is 2. The predicted molar refractivity (Wildman–Crippen MR) is 77.5 cm³/mol. The highest BCUT2D eigenvalue weighted by Crippen LogP contribution is 2.11. The van der Waals surface area contributed by atoms with Crippen LogP contribution in [0.3, 0.4) is 0 Å². The van der Waals surface area contributed by atoms with Crippen LogP contribution in [-0.2, 0) is 12.8 Å². The number of benzene rings is 2. The van der Waals surface area contributed by atoms with Crippen LogP contribution in [0.2, 0.25) is 0 Å². The first-order chi connectivity index (χ1) is 9.28. The summed E-state index contributed by atoms with van der Waals surface area (Å²) in [5.41, 5.74) is 2.46. The van der Waals surface area contributed by atoms with Gasteiger partial charge in [-0.2, -0.15) is 0 Å². The van der Waals surface area contributed by atoms with Crippen molar-refractivity contribution in [1.29, 1.82) is 0 Å². The third-order valence-corrected chi connectivity index (χ3v) is 3.09. The van der Waals surface area contributed by atoms with Crippen molar-refractivity contribution in [3.05, 3.63) is 65.7 Å². The van der Waals surface area contributed by atoms with Gasteiger partial charge in [0, 0.05) is 6.42 Å². The zero-order chi connectivity index (χ0) is 13.5. The minimum atomic E-state index is -0.479. The van der Waals surface area contributed by atoms with Crippen molar-refractivity contribution in [2.45, 2.75) is 25.9 Å². The topological polar surface area (TPSA) is 29.5 Å². The van der Waals surface area contributed by atoms with Gasteiger partial charge in [-0.25, -0.2) is 0 Å². The predicted octanol–water partition coefficient (Wildman–Crippen LogP) is 3.23. The summed E-state index contributed by atoms with van der Waals surface area (Å²) < 4.78 is 5.53. The molecule has 19 heavy (non-hydrogen) atoms. The summed E-state index contributed by atoms with van der Waals surface area (Å²) in [7, 11) is 0. The van der Waals surface area contributed by atoms with Crippen LogP contribution in [0.25, 0.3) is 0 Å². The van der Waals surface area contributed by atoms with Gasteiger partial charge in [-0.15, -0.1) is 0 Å². The van der Waals surface area contributed by atoms with E-state index >= 15 is 0 Å². The second kappa shape index (κ2) is 6.95. The van der Waals surface area contributed by atoms with Gasteiger partial charge in [0.25, 0.3) is 0 Å². The second-order valence-electron chi connectivity index (χ2n) is 4.65. The van der Waals surface area contributed by atoms with Gasteiger partial charge in [-0.05, 0) is 29.7 Å². The Morgan fingerprint density at radius 3 is 2.21 bits per heavy atom. The van der Waals surface area contributed by atoms with Gasteiger partial charge >= 0.3 is 0 Å². The van der Waals surface area contributed by atoms with Crippen molar-refractivity contribution < 1.29 is 9.84 Å². The molecular weight excluding hydrogens is 236 g/mol. The van der Waals surface area contributed by atoms with Crippen LogP contribution in [0.4, 0.5) is 0 Å². The van der Waals surface area contributed by atoms with E-state index in [1.807, 2.05) is 30.3 Å². The van der Waals surface area contributed by atoms with Crippen LogP contribution in [0, 0.1) is 0 Å². The highest BCUT2D eigenvalue weighted by molar-refractivity contribution is 5.23. The van der Waals surface area contributed by atoms with E-state index in [0.29, 0.717) is 13.0 Å². The van der Waals surface area contributed by atoms with Gasteiger partial charge in [0.15, 0.2) is 0 Å². The summed E-state index contributed by atoms with van der Waals surface area (Å²) in [4.78, 5) is 0. The van der Waals surface area contributed by atoms with Crippen molar-refractivity contribution in [2.75, 3.05) is 6.61 Å². The largest absolute Gasteiger partial charge is 0.491 e. The van der Waals surface area contributed by atoms with Crippen molar-refractivity contribution in [3.8, 4) is 5.75 Å². The molecule has 0 aliphatic carbocycles. The molecule has 0 aliphatic heterocycles. The first-order valence-electron chi connectivity index (χ1n) is 6.71. The minimum Gasteiger partial charge on any atom is -0.491 e. The fraction of sp³-hybridized carbons (Fsp3) is 0.294. The number of aryl methyl sites for hydroxylation is 1.